The van der Waals surface area contributed by atoms with E-state index in [1.807, 2.05) is 11.9 Å². The third-order valence-electron chi connectivity index (χ3n) is 3.03. The second-order valence-electron chi connectivity index (χ2n) is 4.31. The van der Waals surface area contributed by atoms with Crippen molar-refractivity contribution >= 4 is 5.91 Å². The molecule has 0 bridgehead atoms. The van der Waals surface area contributed by atoms with Crippen LogP contribution >= 0.6 is 0 Å². The number of rotatable bonds is 3. The monoisotopic (exact) mass is 253 g/mol. The first-order valence-corrected chi connectivity index (χ1v) is 5.62. The summed E-state index contributed by atoms with van der Waals surface area (Å²) in [6.45, 7) is 1.40. The number of hydrogen-bond donors (Lipinski definition) is 1. The zero-order valence-electron chi connectivity index (χ0n) is 9.83. The average Bonchev–Trinajstić information content (AvgIpc) is 2.27. The number of nitrogens with zero attached hydrogens (tertiary/aromatic N) is 2. The Bertz CT molecular complexity index is 270. The van der Waals surface area contributed by atoms with Gasteiger partial charge in [-0.1, -0.05) is 0 Å². The van der Waals surface area contributed by atoms with Gasteiger partial charge in [-0.15, -0.1) is 0 Å². The van der Waals surface area contributed by atoms with Gasteiger partial charge < -0.3 is 15.5 Å². The van der Waals surface area contributed by atoms with Crippen molar-refractivity contribution < 1.29 is 18.0 Å². The summed E-state index contributed by atoms with van der Waals surface area (Å²) in [4.78, 5) is 13.9. The number of likely N-dealkylation sites (tertiary alicyclic amines) is 1. The minimum absolute atomic E-state index is 0.0291. The third kappa shape index (κ3) is 3.85. The number of piperidine rings is 1. The smallest absolute Gasteiger partial charge is 0.333 e. The molecule has 1 aliphatic heterocycles. The molecule has 7 heteroatoms. The Kier molecular flexibility index (Phi) is 4.76. The molecule has 1 aliphatic rings. The molecule has 2 N–H and O–H groups in total. The van der Waals surface area contributed by atoms with E-state index < -0.39 is 12.1 Å². The van der Waals surface area contributed by atoms with E-state index in [9.17, 15) is 18.0 Å². The highest BCUT2D eigenvalue weighted by atomic mass is 19.4. The number of amides is 1. The maximum Gasteiger partial charge on any atom is 0.471 e. The Balaban J connectivity index is 2.57. The molecule has 1 amide bonds. The van der Waals surface area contributed by atoms with Crippen molar-refractivity contribution in [2.45, 2.75) is 25.1 Å². The van der Waals surface area contributed by atoms with Crippen LogP contribution in [-0.4, -0.2) is 61.2 Å². The fraction of sp³-hybridized carbons (Fsp3) is 0.900. The molecule has 0 aromatic rings. The lowest BCUT2D eigenvalue weighted by Gasteiger charge is -2.37. The highest BCUT2D eigenvalue weighted by molar-refractivity contribution is 5.82. The van der Waals surface area contributed by atoms with Crippen LogP contribution < -0.4 is 5.73 Å². The number of hydrogen-bond acceptors (Lipinski definition) is 3. The van der Waals surface area contributed by atoms with Crippen LogP contribution in [0.2, 0.25) is 0 Å². The predicted octanol–water partition coefficient (Wildman–Crippen LogP) is 0.430. The van der Waals surface area contributed by atoms with Gasteiger partial charge in [0.15, 0.2) is 0 Å². The maximum absolute atomic E-state index is 12.3. The van der Waals surface area contributed by atoms with Crippen molar-refractivity contribution in [3.63, 3.8) is 0 Å². The summed E-state index contributed by atoms with van der Waals surface area (Å²) in [6.07, 6.45) is -3.37. The fourth-order valence-electron chi connectivity index (χ4n) is 2.06. The van der Waals surface area contributed by atoms with Crippen LogP contribution in [0.3, 0.4) is 0 Å². The summed E-state index contributed by atoms with van der Waals surface area (Å²) in [5.74, 6) is -1.73. The molecule has 1 rings (SSSR count). The molecular formula is C10H18F3N3O. The van der Waals surface area contributed by atoms with Crippen molar-refractivity contribution in [3.8, 4) is 0 Å². The molecule has 1 fully saturated rings. The zero-order valence-corrected chi connectivity index (χ0v) is 9.83. The molecule has 0 saturated carbocycles. The summed E-state index contributed by atoms with van der Waals surface area (Å²) >= 11 is 0. The second kappa shape index (κ2) is 5.68. The van der Waals surface area contributed by atoms with Crippen molar-refractivity contribution in [2.24, 2.45) is 5.73 Å². The molecule has 1 unspecified atom stereocenters. The van der Waals surface area contributed by atoms with Crippen LogP contribution in [0.5, 0.6) is 0 Å². The summed E-state index contributed by atoms with van der Waals surface area (Å²) in [7, 11) is 1.82. The quantitative estimate of drug-likeness (QED) is 0.793. The largest absolute Gasteiger partial charge is 0.471 e. The van der Waals surface area contributed by atoms with Crippen molar-refractivity contribution in [2.75, 3.05) is 33.2 Å². The summed E-state index contributed by atoms with van der Waals surface area (Å²) < 4.78 is 36.9. The standard InChI is InChI=1S/C10H18F3N3O/c1-15(6-4-14)8-3-2-5-16(7-8)9(17)10(11,12)13/h8H,2-7,14H2,1H3. The lowest BCUT2D eigenvalue weighted by Crippen LogP contribution is -2.52. The molecular weight excluding hydrogens is 235 g/mol. The van der Waals surface area contributed by atoms with Crippen LogP contribution in [0, 0.1) is 0 Å². The number of carbonyl (C=O) groups is 1. The summed E-state index contributed by atoms with van der Waals surface area (Å²) in [5, 5.41) is 0. The molecule has 0 radical (unpaired) electrons. The Morgan fingerprint density at radius 3 is 2.71 bits per heavy atom. The molecule has 1 atom stereocenters. The number of alkyl halides is 3. The van der Waals surface area contributed by atoms with E-state index in [0.717, 1.165) is 11.3 Å². The topological polar surface area (TPSA) is 49.6 Å². The third-order valence-corrected chi connectivity index (χ3v) is 3.03. The molecule has 0 aromatic carbocycles. The SMILES string of the molecule is CN(CCN)C1CCCN(C(=O)C(F)(F)F)C1. The Labute approximate surface area is 98.5 Å². The molecule has 1 saturated heterocycles. The van der Waals surface area contributed by atoms with Gasteiger partial charge in [-0.3, -0.25) is 4.79 Å². The van der Waals surface area contributed by atoms with Gasteiger partial charge in [0.1, 0.15) is 0 Å². The highest BCUT2D eigenvalue weighted by Gasteiger charge is 2.43. The maximum atomic E-state index is 12.3. The van der Waals surface area contributed by atoms with Crippen LogP contribution in [0.25, 0.3) is 0 Å². The lowest BCUT2D eigenvalue weighted by atomic mass is 10.0. The molecule has 1 heterocycles. The van der Waals surface area contributed by atoms with Crippen LogP contribution in [-0.2, 0) is 4.79 Å². The Hall–Kier alpha value is -0.820. The van der Waals surface area contributed by atoms with Gasteiger partial charge in [-0.05, 0) is 19.9 Å². The Morgan fingerprint density at radius 2 is 2.18 bits per heavy atom. The van der Waals surface area contributed by atoms with Crippen molar-refractivity contribution in [3.05, 3.63) is 0 Å². The molecule has 0 aromatic heterocycles. The van der Waals surface area contributed by atoms with E-state index >= 15 is 0 Å². The minimum atomic E-state index is -4.77. The molecule has 4 nitrogen and oxygen atoms in total. The van der Waals surface area contributed by atoms with Crippen LogP contribution in [0.1, 0.15) is 12.8 Å². The highest BCUT2D eigenvalue weighted by Crippen LogP contribution is 2.22. The molecule has 17 heavy (non-hydrogen) atoms. The van der Waals surface area contributed by atoms with E-state index in [1.165, 1.54) is 0 Å². The van der Waals surface area contributed by atoms with Crippen LogP contribution in [0.4, 0.5) is 13.2 Å². The van der Waals surface area contributed by atoms with Gasteiger partial charge in [0.2, 0.25) is 0 Å². The van der Waals surface area contributed by atoms with E-state index in [4.69, 9.17) is 5.73 Å². The average molecular weight is 253 g/mol. The molecule has 0 aliphatic carbocycles. The van der Waals surface area contributed by atoms with E-state index in [1.54, 1.807) is 0 Å². The summed E-state index contributed by atoms with van der Waals surface area (Å²) in [6, 6.07) is -0.0291. The van der Waals surface area contributed by atoms with Gasteiger partial charge in [-0.2, -0.15) is 13.2 Å². The van der Waals surface area contributed by atoms with Gasteiger partial charge in [0, 0.05) is 32.2 Å². The van der Waals surface area contributed by atoms with E-state index in [2.05, 4.69) is 0 Å². The summed E-state index contributed by atoms with van der Waals surface area (Å²) in [5.41, 5.74) is 5.40. The van der Waals surface area contributed by atoms with Gasteiger partial charge in [-0.25, -0.2) is 0 Å². The first-order chi connectivity index (χ1) is 7.86. The normalized spacial score (nSPS) is 22.0. The van der Waals surface area contributed by atoms with Gasteiger partial charge in [0.05, 0.1) is 0 Å². The van der Waals surface area contributed by atoms with E-state index in [-0.39, 0.29) is 19.1 Å². The number of nitrogens with two attached hydrogens (primary N) is 1. The second-order valence-corrected chi connectivity index (χ2v) is 4.31. The first-order valence-electron chi connectivity index (χ1n) is 5.62. The molecule has 100 valence electrons. The van der Waals surface area contributed by atoms with Crippen LogP contribution in [0.15, 0.2) is 0 Å². The predicted molar refractivity (Wildman–Crippen MR) is 57.3 cm³/mol. The number of halogens is 3. The number of likely N-dealkylation sites (N-methyl/N-ethyl adjacent to an activating group) is 1. The fourth-order valence-corrected chi connectivity index (χ4v) is 2.06. The lowest BCUT2D eigenvalue weighted by molar-refractivity contribution is -0.187. The molecule has 0 spiro atoms. The van der Waals surface area contributed by atoms with Gasteiger partial charge >= 0.3 is 12.1 Å². The Morgan fingerprint density at radius 1 is 1.53 bits per heavy atom. The van der Waals surface area contributed by atoms with Crippen molar-refractivity contribution in [1.29, 1.82) is 0 Å². The van der Waals surface area contributed by atoms with Gasteiger partial charge in [0.25, 0.3) is 0 Å². The van der Waals surface area contributed by atoms with E-state index in [0.29, 0.717) is 19.5 Å². The zero-order chi connectivity index (χ0) is 13.1. The number of carbonyl (C=O) groups excluding carboxylic acids is 1. The minimum Gasteiger partial charge on any atom is -0.333 e. The first kappa shape index (κ1) is 14.2. The van der Waals surface area contributed by atoms with Crippen molar-refractivity contribution in [1.82, 2.24) is 9.80 Å².